The first-order valence-corrected chi connectivity index (χ1v) is 9.09. The SMILES string of the molecule is CCC(CC)(CNS(=O)(=O)N1CC(C)CC(C)C1)C(=O)O. The lowest BCUT2D eigenvalue weighted by atomic mass is 9.83. The van der Waals surface area contributed by atoms with Crippen LogP contribution in [-0.2, 0) is 15.0 Å². The zero-order valence-corrected chi connectivity index (χ0v) is 14.2. The zero-order chi connectivity index (χ0) is 16.3. The van der Waals surface area contributed by atoms with Gasteiger partial charge in [-0.15, -0.1) is 0 Å². The van der Waals surface area contributed by atoms with Gasteiger partial charge in [-0.2, -0.15) is 12.7 Å². The van der Waals surface area contributed by atoms with Crippen molar-refractivity contribution in [3.63, 3.8) is 0 Å². The number of nitrogens with one attached hydrogen (secondary N) is 1. The van der Waals surface area contributed by atoms with Crippen LogP contribution >= 0.6 is 0 Å². The Morgan fingerprint density at radius 1 is 1.24 bits per heavy atom. The molecular weight excluding hydrogens is 292 g/mol. The van der Waals surface area contributed by atoms with Gasteiger partial charge in [0.25, 0.3) is 10.2 Å². The molecule has 0 saturated carbocycles. The molecule has 124 valence electrons. The predicted molar refractivity (Wildman–Crippen MR) is 82.1 cm³/mol. The van der Waals surface area contributed by atoms with Crippen molar-refractivity contribution < 1.29 is 18.3 Å². The van der Waals surface area contributed by atoms with Gasteiger partial charge in [-0.05, 0) is 31.1 Å². The van der Waals surface area contributed by atoms with E-state index in [9.17, 15) is 18.3 Å². The molecule has 1 aliphatic rings. The number of nitrogens with zero attached hydrogens (tertiary/aromatic N) is 1. The van der Waals surface area contributed by atoms with E-state index in [1.54, 1.807) is 13.8 Å². The van der Waals surface area contributed by atoms with Crippen molar-refractivity contribution in [2.24, 2.45) is 17.3 Å². The Bertz CT molecular complexity index is 450. The van der Waals surface area contributed by atoms with Crippen LogP contribution in [0.4, 0.5) is 0 Å². The minimum absolute atomic E-state index is 0.0586. The Kier molecular flexibility index (Phi) is 6.19. The van der Waals surface area contributed by atoms with Crippen molar-refractivity contribution in [1.29, 1.82) is 0 Å². The number of hydrogen-bond acceptors (Lipinski definition) is 3. The molecule has 0 aromatic heterocycles. The summed E-state index contributed by atoms with van der Waals surface area (Å²) in [5.41, 5.74) is -1.03. The van der Waals surface area contributed by atoms with E-state index in [4.69, 9.17) is 0 Å². The lowest BCUT2D eigenvalue weighted by Gasteiger charge is -2.35. The molecule has 0 amide bonds. The van der Waals surface area contributed by atoms with Crippen molar-refractivity contribution in [3.8, 4) is 0 Å². The van der Waals surface area contributed by atoms with Crippen LogP contribution in [0.3, 0.4) is 0 Å². The second-order valence-electron chi connectivity index (χ2n) is 6.38. The van der Waals surface area contributed by atoms with Gasteiger partial charge in [-0.25, -0.2) is 4.72 Å². The number of hydrogen-bond donors (Lipinski definition) is 2. The Labute approximate surface area is 128 Å². The number of carboxylic acids is 1. The third kappa shape index (κ3) is 4.40. The Hall–Kier alpha value is -0.660. The van der Waals surface area contributed by atoms with Gasteiger partial charge in [0, 0.05) is 19.6 Å². The number of rotatable bonds is 7. The van der Waals surface area contributed by atoms with Gasteiger partial charge in [0.2, 0.25) is 0 Å². The summed E-state index contributed by atoms with van der Waals surface area (Å²) in [6.07, 6.45) is 1.82. The van der Waals surface area contributed by atoms with Crippen LogP contribution in [0.15, 0.2) is 0 Å². The molecule has 0 aliphatic carbocycles. The first kappa shape index (κ1) is 18.4. The summed E-state index contributed by atoms with van der Waals surface area (Å²) in [4.78, 5) is 11.4. The fraction of sp³-hybridized carbons (Fsp3) is 0.929. The lowest BCUT2D eigenvalue weighted by Crippen LogP contribution is -2.51. The molecule has 0 aromatic rings. The van der Waals surface area contributed by atoms with E-state index in [0.717, 1.165) is 6.42 Å². The van der Waals surface area contributed by atoms with Crippen molar-refractivity contribution in [1.82, 2.24) is 9.03 Å². The maximum absolute atomic E-state index is 12.4. The molecule has 0 radical (unpaired) electrons. The van der Waals surface area contributed by atoms with Crippen LogP contribution in [0, 0.1) is 17.3 Å². The fourth-order valence-corrected chi connectivity index (χ4v) is 4.54. The molecule has 6 nitrogen and oxygen atoms in total. The van der Waals surface area contributed by atoms with Gasteiger partial charge in [-0.1, -0.05) is 27.7 Å². The minimum atomic E-state index is -3.62. The van der Waals surface area contributed by atoms with Crippen LogP contribution in [0.25, 0.3) is 0 Å². The quantitative estimate of drug-likeness (QED) is 0.747. The van der Waals surface area contributed by atoms with Gasteiger partial charge in [-0.3, -0.25) is 4.79 Å². The highest BCUT2D eigenvalue weighted by Gasteiger charge is 2.38. The lowest BCUT2D eigenvalue weighted by molar-refractivity contribution is -0.149. The number of aliphatic carboxylic acids is 1. The third-order valence-corrected chi connectivity index (χ3v) is 6.06. The summed E-state index contributed by atoms with van der Waals surface area (Å²) in [5.74, 6) is -0.297. The number of carbonyl (C=O) groups is 1. The minimum Gasteiger partial charge on any atom is -0.481 e. The highest BCUT2D eigenvalue weighted by Crippen LogP contribution is 2.27. The van der Waals surface area contributed by atoms with E-state index < -0.39 is 21.6 Å². The molecule has 7 heteroatoms. The molecule has 0 aromatic carbocycles. The molecule has 21 heavy (non-hydrogen) atoms. The van der Waals surface area contributed by atoms with E-state index >= 15 is 0 Å². The molecule has 0 spiro atoms. The largest absolute Gasteiger partial charge is 0.481 e. The maximum Gasteiger partial charge on any atom is 0.310 e. The Morgan fingerprint density at radius 2 is 1.71 bits per heavy atom. The molecular formula is C14H28N2O4S. The second-order valence-corrected chi connectivity index (χ2v) is 8.14. The van der Waals surface area contributed by atoms with E-state index in [1.807, 2.05) is 13.8 Å². The molecule has 2 N–H and O–H groups in total. The fourth-order valence-electron chi connectivity index (χ4n) is 3.00. The van der Waals surface area contributed by atoms with Gasteiger partial charge in [0.1, 0.15) is 0 Å². The van der Waals surface area contributed by atoms with Crippen LogP contribution in [0.1, 0.15) is 47.0 Å². The molecule has 1 heterocycles. The summed E-state index contributed by atoms with van der Waals surface area (Å²) in [7, 11) is -3.62. The second kappa shape index (κ2) is 7.07. The van der Waals surface area contributed by atoms with Gasteiger partial charge in [0.15, 0.2) is 0 Å². The zero-order valence-electron chi connectivity index (χ0n) is 13.4. The smallest absolute Gasteiger partial charge is 0.310 e. The van der Waals surface area contributed by atoms with Crippen LogP contribution in [0.5, 0.6) is 0 Å². The molecule has 0 bridgehead atoms. The molecule has 1 fully saturated rings. The summed E-state index contributed by atoms with van der Waals surface area (Å²) < 4.78 is 28.8. The number of piperidine rings is 1. The molecule has 1 rings (SSSR count). The summed E-state index contributed by atoms with van der Waals surface area (Å²) in [6.45, 7) is 8.57. The van der Waals surface area contributed by atoms with Crippen molar-refractivity contribution >= 4 is 16.2 Å². The van der Waals surface area contributed by atoms with Crippen LogP contribution in [-0.4, -0.2) is 43.4 Å². The normalized spacial score (nSPS) is 25.0. The monoisotopic (exact) mass is 320 g/mol. The van der Waals surface area contributed by atoms with Crippen LogP contribution in [0.2, 0.25) is 0 Å². The van der Waals surface area contributed by atoms with Crippen molar-refractivity contribution in [3.05, 3.63) is 0 Å². The summed E-state index contributed by atoms with van der Waals surface area (Å²) in [6, 6.07) is 0. The maximum atomic E-state index is 12.4. The van der Waals surface area contributed by atoms with E-state index in [-0.39, 0.29) is 6.54 Å². The van der Waals surface area contributed by atoms with E-state index in [0.29, 0.717) is 37.8 Å². The summed E-state index contributed by atoms with van der Waals surface area (Å²) in [5, 5.41) is 9.37. The predicted octanol–water partition coefficient (Wildman–Crippen LogP) is 1.69. The van der Waals surface area contributed by atoms with Crippen molar-refractivity contribution in [2.75, 3.05) is 19.6 Å². The third-order valence-electron chi connectivity index (χ3n) is 4.58. The van der Waals surface area contributed by atoms with Gasteiger partial charge in [0.05, 0.1) is 5.41 Å². The highest BCUT2D eigenvalue weighted by atomic mass is 32.2. The number of carboxylic acid groups (broad SMARTS) is 1. The standard InChI is InChI=1S/C14H28N2O4S/c1-5-14(6-2,13(17)18)10-15-21(19,20)16-8-11(3)7-12(4)9-16/h11-12,15H,5-10H2,1-4H3,(H,17,18). The van der Waals surface area contributed by atoms with E-state index in [2.05, 4.69) is 4.72 Å². The van der Waals surface area contributed by atoms with Crippen LogP contribution < -0.4 is 4.72 Å². The first-order valence-electron chi connectivity index (χ1n) is 7.65. The van der Waals surface area contributed by atoms with Gasteiger partial charge < -0.3 is 5.11 Å². The first-order chi connectivity index (χ1) is 9.66. The average Bonchev–Trinajstić information content (AvgIpc) is 2.39. The Balaban J connectivity index is 2.78. The molecule has 2 unspecified atom stereocenters. The van der Waals surface area contributed by atoms with Gasteiger partial charge >= 0.3 is 5.97 Å². The molecule has 1 aliphatic heterocycles. The average molecular weight is 320 g/mol. The highest BCUT2D eigenvalue weighted by molar-refractivity contribution is 7.87. The molecule has 2 atom stereocenters. The van der Waals surface area contributed by atoms with E-state index in [1.165, 1.54) is 4.31 Å². The molecule has 1 saturated heterocycles. The van der Waals surface area contributed by atoms with Crippen molar-refractivity contribution in [2.45, 2.75) is 47.0 Å². The Morgan fingerprint density at radius 3 is 2.10 bits per heavy atom. The topological polar surface area (TPSA) is 86.7 Å². The summed E-state index contributed by atoms with van der Waals surface area (Å²) >= 11 is 0.